The number of fused-ring (bicyclic) bond motifs is 3. The number of aliphatic carboxylic acids is 1. The summed E-state index contributed by atoms with van der Waals surface area (Å²) in [5.74, 6) is 0.451. The maximum Gasteiger partial charge on any atom is 0.407 e. The molecule has 35 heavy (non-hydrogen) atoms. The van der Waals surface area contributed by atoms with Gasteiger partial charge in [0.15, 0.2) is 0 Å². The van der Waals surface area contributed by atoms with Crippen LogP contribution in [0.4, 0.5) is 4.79 Å². The van der Waals surface area contributed by atoms with Crippen LogP contribution in [0.25, 0.3) is 11.1 Å². The van der Waals surface area contributed by atoms with Gasteiger partial charge in [0, 0.05) is 25.5 Å². The van der Waals surface area contributed by atoms with Crippen molar-refractivity contribution >= 4 is 18.0 Å². The Kier molecular flexibility index (Phi) is 7.37. The van der Waals surface area contributed by atoms with Crippen molar-refractivity contribution in [2.45, 2.75) is 31.2 Å². The molecular formula is C27H28N2O6. The molecule has 2 aromatic rings. The second kappa shape index (κ2) is 10.6. The van der Waals surface area contributed by atoms with E-state index >= 15 is 0 Å². The van der Waals surface area contributed by atoms with E-state index in [0.717, 1.165) is 22.3 Å². The molecule has 2 aromatic carbocycles. The van der Waals surface area contributed by atoms with Crippen LogP contribution in [0.15, 0.2) is 48.5 Å². The van der Waals surface area contributed by atoms with Gasteiger partial charge in [-0.15, -0.1) is 12.3 Å². The Bertz CT molecular complexity index is 1100. The zero-order valence-corrected chi connectivity index (χ0v) is 19.3. The Balaban J connectivity index is 1.40. The number of nitrogens with one attached hydrogen (secondary N) is 2. The summed E-state index contributed by atoms with van der Waals surface area (Å²) < 4.78 is 11.1. The van der Waals surface area contributed by atoms with Gasteiger partial charge in [0.2, 0.25) is 5.91 Å². The summed E-state index contributed by atoms with van der Waals surface area (Å²) in [6.07, 6.45) is 5.48. The van der Waals surface area contributed by atoms with Crippen LogP contribution in [0.2, 0.25) is 0 Å². The van der Waals surface area contributed by atoms with Gasteiger partial charge < -0.3 is 25.2 Å². The van der Waals surface area contributed by atoms with Gasteiger partial charge in [0.1, 0.15) is 12.6 Å². The number of carboxylic acid groups (broad SMARTS) is 1. The Labute approximate surface area is 204 Å². The number of amides is 2. The van der Waals surface area contributed by atoms with Crippen LogP contribution in [0.5, 0.6) is 0 Å². The first-order valence-electron chi connectivity index (χ1n) is 11.6. The largest absolute Gasteiger partial charge is 0.480 e. The Morgan fingerprint density at radius 3 is 2.37 bits per heavy atom. The molecule has 0 radical (unpaired) electrons. The van der Waals surface area contributed by atoms with E-state index in [1.807, 2.05) is 36.4 Å². The van der Waals surface area contributed by atoms with E-state index in [4.69, 9.17) is 15.9 Å². The van der Waals surface area contributed by atoms with E-state index in [1.54, 1.807) is 0 Å². The van der Waals surface area contributed by atoms with Gasteiger partial charge in [-0.3, -0.25) is 4.79 Å². The maximum atomic E-state index is 13.0. The monoisotopic (exact) mass is 476 g/mol. The normalized spacial score (nSPS) is 19.5. The lowest BCUT2D eigenvalue weighted by atomic mass is 9.81. The first-order chi connectivity index (χ1) is 16.9. The smallest absolute Gasteiger partial charge is 0.407 e. The molecule has 1 heterocycles. The van der Waals surface area contributed by atoms with E-state index in [9.17, 15) is 19.5 Å². The van der Waals surface area contributed by atoms with Crippen molar-refractivity contribution in [3.63, 3.8) is 0 Å². The predicted molar refractivity (Wildman–Crippen MR) is 129 cm³/mol. The molecule has 8 nitrogen and oxygen atoms in total. The van der Waals surface area contributed by atoms with Crippen molar-refractivity contribution in [2.24, 2.45) is 5.41 Å². The fourth-order valence-electron chi connectivity index (χ4n) is 4.77. The third kappa shape index (κ3) is 5.15. The van der Waals surface area contributed by atoms with Crippen molar-refractivity contribution in [1.82, 2.24) is 10.6 Å². The summed E-state index contributed by atoms with van der Waals surface area (Å²) >= 11 is 0. The molecule has 2 amide bonds. The van der Waals surface area contributed by atoms with Crippen molar-refractivity contribution in [1.29, 1.82) is 0 Å². The topological polar surface area (TPSA) is 114 Å². The van der Waals surface area contributed by atoms with Gasteiger partial charge in [-0.2, -0.15) is 0 Å². The minimum absolute atomic E-state index is 0.0438. The molecule has 0 spiro atoms. The van der Waals surface area contributed by atoms with Crippen LogP contribution in [0, 0.1) is 17.8 Å². The van der Waals surface area contributed by atoms with Crippen molar-refractivity contribution in [3.8, 4) is 23.5 Å². The highest BCUT2D eigenvalue weighted by molar-refractivity contribution is 5.88. The minimum Gasteiger partial charge on any atom is -0.480 e. The molecule has 4 rings (SSSR count). The van der Waals surface area contributed by atoms with Crippen molar-refractivity contribution in [3.05, 3.63) is 59.7 Å². The lowest BCUT2D eigenvalue weighted by Crippen LogP contribution is -2.56. The molecule has 3 N–H and O–H groups in total. The first-order valence-corrected chi connectivity index (χ1v) is 11.6. The van der Waals surface area contributed by atoms with Crippen LogP contribution >= 0.6 is 0 Å². The van der Waals surface area contributed by atoms with Gasteiger partial charge in [-0.25, -0.2) is 9.59 Å². The summed E-state index contributed by atoms with van der Waals surface area (Å²) in [4.78, 5) is 37.1. The first kappa shape index (κ1) is 24.3. The number of ether oxygens (including phenoxy) is 2. The van der Waals surface area contributed by atoms with E-state index in [2.05, 4.69) is 28.7 Å². The van der Waals surface area contributed by atoms with E-state index < -0.39 is 29.4 Å². The highest BCUT2D eigenvalue weighted by Gasteiger charge is 2.42. The summed E-state index contributed by atoms with van der Waals surface area (Å²) in [6.45, 7) is 0.661. The number of carbonyl (C=O) groups is 3. The molecule has 1 fully saturated rings. The molecule has 0 saturated carbocycles. The van der Waals surface area contributed by atoms with Gasteiger partial charge in [0.05, 0.1) is 12.0 Å². The Morgan fingerprint density at radius 1 is 1.14 bits per heavy atom. The van der Waals surface area contributed by atoms with E-state index in [1.165, 1.54) is 0 Å². The molecule has 1 aliphatic heterocycles. The lowest BCUT2D eigenvalue weighted by Gasteiger charge is -2.36. The van der Waals surface area contributed by atoms with Crippen LogP contribution in [-0.2, 0) is 19.1 Å². The van der Waals surface area contributed by atoms with Crippen LogP contribution in [0.1, 0.15) is 36.3 Å². The number of carbonyl (C=O) groups excluding carboxylic acids is 2. The zero-order valence-electron chi connectivity index (χ0n) is 19.3. The quantitative estimate of drug-likeness (QED) is 0.505. The fourth-order valence-corrected chi connectivity index (χ4v) is 4.77. The summed E-state index contributed by atoms with van der Waals surface area (Å²) in [7, 11) is 0. The number of carboxylic acids is 1. The molecule has 1 aliphatic carbocycles. The SMILES string of the molecule is C#CCC(NC(=O)C1(CNC(=O)OCC2c3ccccc3-c3ccccc32)CCCOC1)C(=O)O. The van der Waals surface area contributed by atoms with Crippen LogP contribution in [-0.4, -0.2) is 55.5 Å². The van der Waals surface area contributed by atoms with Gasteiger partial charge in [-0.05, 0) is 35.1 Å². The Hall–Kier alpha value is -3.83. The number of alkyl carbamates (subject to hydrolysis) is 1. The van der Waals surface area contributed by atoms with Crippen molar-refractivity contribution in [2.75, 3.05) is 26.4 Å². The molecule has 1 saturated heterocycles. The third-order valence-corrected chi connectivity index (χ3v) is 6.64. The van der Waals surface area contributed by atoms with Gasteiger partial charge >= 0.3 is 12.1 Å². The number of hydrogen-bond donors (Lipinski definition) is 3. The minimum atomic E-state index is -1.22. The molecule has 2 unspecified atom stereocenters. The van der Waals surface area contributed by atoms with E-state index in [-0.39, 0.29) is 32.1 Å². The molecule has 8 heteroatoms. The molecule has 0 aromatic heterocycles. The van der Waals surface area contributed by atoms with E-state index in [0.29, 0.717) is 19.4 Å². The molecule has 2 aliphatic rings. The van der Waals surface area contributed by atoms with Gasteiger partial charge in [0.25, 0.3) is 0 Å². The second-order valence-electron chi connectivity index (χ2n) is 8.89. The average molecular weight is 477 g/mol. The number of terminal acetylenes is 1. The predicted octanol–water partition coefficient (Wildman–Crippen LogP) is 2.91. The number of hydrogen-bond acceptors (Lipinski definition) is 5. The number of rotatable bonds is 8. The third-order valence-electron chi connectivity index (χ3n) is 6.64. The fraction of sp³-hybridized carbons (Fsp3) is 0.370. The maximum absolute atomic E-state index is 13.0. The highest BCUT2D eigenvalue weighted by Crippen LogP contribution is 2.44. The molecule has 2 atom stereocenters. The second-order valence-corrected chi connectivity index (χ2v) is 8.89. The summed E-state index contributed by atoms with van der Waals surface area (Å²) in [5.41, 5.74) is 3.36. The zero-order chi connectivity index (χ0) is 24.8. The number of benzene rings is 2. The molecule has 0 bridgehead atoms. The standard InChI is InChI=1S/C27H28N2O6/c1-2-8-23(24(30)31)29-25(32)27(13-7-14-34-17-27)16-28-26(33)35-15-22-20-11-5-3-9-18(20)19-10-4-6-12-21(19)22/h1,3-6,9-12,22-23H,7-8,13-17H2,(H,28,33)(H,29,32)(H,30,31). The summed E-state index contributed by atoms with van der Waals surface area (Å²) in [5, 5.41) is 14.5. The molecule has 182 valence electrons. The highest BCUT2D eigenvalue weighted by atomic mass is 16.5. The van der Waals surface area contributed by atoms with Crippen LogP contribution < -0.4 is 10.6 Å². The molecular weight excluding hydrogens is 448 g/mol. The van der Waals surface area contributed by atoms with Crippen molar-refractivity contribution < 1.29 is 29.0 Å². The lowest BCUT2D eigenvalue weighted by molar-refractivity contribution is -0.146. The average Bonchev–Trinajstić information content (AvgIpc) is 3.20. The Morgan fingerprint density at radius 2 is 1.80 bits per heavy atom. The van der Waals surface area contributed by atoms with Crippen LogP contribution in [0.3, 0.4) is 0 Å². The van der Waals surface area contributed by atoms with Gasteiger partial charge in [-0.1, -0.05) is 48.5 Å². The summed E-state index contributed by atoms with van der Waals surface area (Å²) in [6, 6.07) is 14.9.